The van der Waals surface area contributed by atoms with Gasteiger partial charge in [0.15, 0.2) is 0 Å². The number of pyridine rings is 1. The number of ether oxygens (including phenoxy) is 1. The maximum absolute atomic E-state index is 13.4. The maximum atomic E-state index is 13.4. The number of hydrogen-bond acceptors (Lipinski definition) is 2. The van der Waals surface area contributed by atoms with Crippen molar-refractivity contribution in [3.63, 3.8) is 0 Å². The molecular weight excluding hydrogens is 385 g/mol. The van der Waals surface area contributed by atoms with Crippen LogP contribution in [0.5, 0.6) is 5.75 Å². The van der Waals surface area contributed by atoms with Gasteiger partial charge < -0.3 is 4.74 Å². The van der Waals surface area contributed by atoms with Crippen molar-refractivity contribution in [2.45, 2.75) is 65.7 Å². The molecule has 31 heavy (non-hydrogen) atoms. The predicted molar refractivity (Wildman–Crippen MR) is 127 cm³/mol. The van der Waals surface area contributed by atoms with Crippen LogP contribution in [0.25, 0.3) is 11.3 Å². The highest BCUT2D eigenvalue weighted by molar-refractivity contribution is 5.64. The Kier molecular flexibility index (Phi) is 8.22. The summed E-state index contributed by atoms with van der Waals surface area (Å²) in [7, 11) is 1.75. The summed E-state index contributed by atoms with van der Waals surface area (Å²) in [6.07, 6.45) is 7.23. The smallest absolute Gasteiger partial charge is 0.123 e. The molecule has 0 aliphatic carbocycles. The molecular formula is C28H34FNO. The van der Waals surface area contributed by atoms with Gasteiger partial charge in [-0.3, -0.25) is 4.98 Å². The van der Waals surface area contributed by atoms with Gasteiger partial charge in [0.05, 0.1) is 12.8 Å². The lowest BCUT2D eigenvalue weighted by Crippen LogP contribution is -2.02. The SMILES string of the molecule is CCCc1ccc(CCCc2cc(CCC)c(C)c(-c3ccc(F)cc3)n2)cc1OC. The third kappa shape index (κ3) is 5.94. The molecule has 0 atom stereocenters. The molecule has 0 unspecified atom stereocenters. The Bertz CT molecular complexity index is 995. The molecule has 0 aliphatic heterocycles. The van der Waals surface area contributed by atoms with Crippen molar-refractivity contribution in [1.29, 1.82) is 0 Å². The van der Waals surface area contributed by atoms with Crippen molar-refractivity contribution >= 4 is 0 Å². The predicted octanol–water partition coefficient (Wildman–Crippen LogP) is 7.29. The summed E-state index contributed by atoms with van der Waals surface area (Å²) in [6.45, 7) is 6.52. The highest BCUT2D eigenvalue weighted by Gasteiger charge is 2.12. The van der Waals surface area contributed by atoms with Crippen LogP contribution in [-0.4, -0.2) is 12.1 Å². The number of hydrogen-bond donors (Lipinski definition) is 0. The quantitative estimate of drug-likeness (QED) is 0.344. The molecule has 0 amide bonds. The van der Waals surface area contributed by atoms with Gasteiger partial charge in [-0.05, 0) is 97.7 Å². The second-order valence-corrected chi connectivity index (χ2v) is 8.25. The third-order valence-corrected chi connectivity index (χ3v) is 5.84. The largest absolute Gasteiger partial charge is 0.496 e. The fraction of sp³-hybridized carbons (Fsp3) is 0.393. The number of benzene rings is 2. The molecule has 1 aromatic heterocycles. The minimum absolute atomic E-state index is 0.216. The van der Waals surface area contributed by atoms with Gasteiger partial charge >= 0.3 is 0 Å². The lowest BCUT2D eigenvalue weighted by molar-refractivity contribution is 0.409. The van der Waals surface area contributed by atoms with Crippen molar-refractivity contribution in [2.75, 3.05) is 7.11 Å². The van der Waals surface area contributed by atoms with Crippen molar-refractivity contribution in [3.8, 4) is 17.0 Å². The van der Waals surface area contributed by atoms with E-state index in [2.05, 4.69) is 45.0 Å². The van der Waals surface area contributed by atoms with Crippen LogP contribution in [0.1, 0.15) is 61.1 Å². The first-order chi connectivity index (χ1) is 15.0. The van der Waals surface area contributed by atoms with E-state index < -0.39 is 0 Å². The average Bonchev–Trinajstić information content (AvgIpc) is 2.77. The first-order valence-electron chi connectivity index (χ1n) is 11.5. The number of aromatic nitrogens is 1. The van der Waals surface area contributed by atoms with E-state index in [1.54, 1.807) is 7.11 Å². The van der Waals surface area contributed by atoms with E-state index in [0.717, 1.165) is 67.6 Å². The summed E-state index contributed by atoms with van der Waals surface area (Å²) < 4.78 is 19.0. The van der Waals surface area contributed by atoms with E-state index in [1.807, 2.05) is 12.1 Å². The fourth-order valence-electron chi connectivity index (χ4n) is 4.16. The molecule has 0 N–H and O–H groups in total. The first-order valence-corrected chi connectivity index (χ1v) is 11.5. The van der Waals surface area contributed by atoms with Crippen molar-refractivity contribution in [3.05, 3.63) is 82.3 Å². The monoisotopic (exact) mass is 419 g/mol. The minimum atomic E-state index is -0.216. The Morgan fingerprint density at radius 2 is 1.55 bits per heavy atom. The molecule has 0 aliphatic rings. The normalized spacial score (nSPS) is 11.0. The highest BCUT2D eigenvalue weighted by atomic mass is 19.1. The Morgan fingerprint density at radius 3 is 2.23 bits per heavy atom. The number of rotatable bonds is 10. The summed E-state index contributed by atoms with van der Waals surface area (Å²) in [5.41, 5.74) is 8.20. The van der Waals surface area contributed by atoms with Crippen LogP contribution in [-0.2, 0) is 25.7 Å². The topological polar surface area (TPSA) is 22.1 Å². The van der Waals surface area contributed by atoms with E-state index in [0.29, 0.717) is 0 Å². The van der Waals surface area contributed by atoms with Gasteiger partial charge in [-0.25, -0.2) is 4.39 Å². The van der Waals surface area contributed by atoms with E-state index in [-0.39, 0.29) is 5.82 Å². The zero-order valence-electron chi connectivity index (χ0n) is 19.3. The molecule has 0 bridgehead atoms. The minimum Gasteiger partial charge on any atom is -0.496 e. The van der Waals surface area contributed by atoms with Gasteiger partial charge in [-0.15, -0.1) is 0 Å². The zero-order valence-corrected chi connectivity index (χ0v) is 19.3. The molecule has 164 valence electrons. The maximum Gasteiger partial charge on any atom is 0.123 e. The Hall–Kier alpha value is -2.68. The van der Waals surface area contributed by atoms with Crippen LogP contribution in [0.4, 0.5) is 4.39 Å². The van der Waals surface area contributed by atoms with Crippen LogP contribution in [0, 0.1) is 12.7 Å². The number of aryl methyl sites for hydroxylation is 4. The first kappa shape index (κ1) is 23.0. The van der Waals surface area contributed by atoms with Crippen LogP contribution in [0.2, 0.25) is 0 Å². The fourth-order valence-corrected chi connectivity index (χ4v) is 4.16. The van der Waals surface area contributed by atoms with Crippen LogP contribution in [0.3, 0.4) is 0 Å². The Labute approximate surface area is 186 Å². The van der Waals surface area contributed by atoms with E-state index in [4.69, 9.17) is 9.72 Å². The van der Waals surface area contributed by atoms with Crippen molar-refractivity contribution in [2.24, 2.45) is 0 Å². The van der Waals surface area contributed by atoms with Crippen LogP contribution >= 0.6 is 0 Å². The lowest BCUT2D eigenvalue weighted by atomic mass is 9.96. The lowest BCUT2D eigenvalue weighted by Gasteiger charge is -2.14. The van der Waals surface area contributed by atoms with Gasteiger partial charge in [-0.1, -0.05) is 38.8 Å². The Balaban J connectivity index is 1.77. The summed E-state index contributed by atoms with van der Waals surface area (Å²) in [5, 5.41) is 0. The summed E-state index contributed by atoms with van der Waals surface area (Å²) in [4.78, 5) is 4.97. The van der Waals surface area contributed by atoms with Gasteiger partial charge in [0.2, 0.25) is 0 Å². The second-order valence-electron chi connectivity index (χ2n) is 8.25. The third-order valence-electron chi connectivity index (χ3n) is 5.84. The van der Waals surface area contributed by atoms with Crippen LogP contribution < -0.4 is 4.74 Å². The standard InChI is InChI=1S/C28H34FNO/c1-5-8-22-13-12-21(18-27(22)31-4)10-7-11-26-19-24(9-6-2)20(3)28(30-26)23-14-16-25(29)17-15-23/h12-19H,5-11H2,1-4H3. The van der Waals surface area contributed by atoms with E-state index in [9.17, 15) is 4.39 Å². The van der Waals surface area contributed by atoms with Gasteiger partial charge in [-0.2, -0.15) is 0 Å². The molecule has 2 aromatic carbocycles. The molecule has 0 spiro atoms. The van der Waals surface area contributed by atoms with Crippen molar-refractivity contribution in [1.82, 2.24) is 4.98 Å². The molecule has 0 saturated carbocycles. The molecule has 3 rings (SSSR count). The van der Waals surface area contributed by atoms with Gasteiger partial charge in [0.1, 0.15) is 11.6 Å². The van der Waals surface area contributed by atoms with E-state index >= 15 is 0 Å². The molecule has 3 heteroatoms. The highest BCUT2D eigenvalue weighted by Crippen LogP contribution is 2.27. The average molecular weight is 420 g/mol. The zero-order chi connectivity index (χ0) is 22.2. The number of methoxy groups -OCH3 is 1. The molecule has 2 nitrogen and oxygen atoms in total. The molecule has 0 fully saturated rings. The summed E-state index contributed by atoms with van der Waals surface area (Å²) in [5.74, 6) is 0.781. The molecule has 1 heterocycles. The number of nitrogens with zero attached hydrogens (tertiary/aromatic N) is 1. The second kappa shape index (κ2) is 11.1. The summed E-state index contributed by atoms with van der Waals surface area (Å²) in [6, 6.07) is 15.5. The number of halogens is 1. The van der Waals surface area contributed by atoms with E-state index in [1.165, 1.54) is 34.4 Å². The van der Waals surface area contributed by atoms with Crippen molar-refractivity contribution < 1.29 is 9.13 Å². The molecule has 0 radical (unpaired) electrons. The van der Waals surface area contributed by atoms with Gasteiger partial charge in [0.25, 0.3) is 0 Å². The molecule has 0 saturated heterocycles. The molecule has 3 aromatic rings. The Morgan fingerprint density at radius 1 is 0.839 bits per heavy atom. The van der Waals surface area contributed by atoms with Gasteiger partial charge in [0, 0.05) is 11.3 Å². The van der Waals surface area contributed by atoms with Crippen LogP contribution in [0.15, 0.2) is 48.5 Å². The summed E-state index contributed by atoms with van der Waals surface area (Å²) >= 11 is 0.